The largest absolute Gasteiger partial charge is 0.385 e. The molecule has 0 aliphatic heterocycles. The summed E-state index contributed by atoms with van der Waals surface area (Å²) >= 11 is 0. The fourth-order valence-electron chi connectivity index (χ4n) is 2.45. The molecule has 18 heavy (non-hydrogen) atoms. The lowest BCUT2D eigenvalue weighted by Crippen LogP contribution is -2.05. The van der Waals surface area contributed by atoms with Crippen molar-refractivity contribution in [3.05, 3.63) is 29.8 Å². The highest BCUT2D eigenvalue weighted by molar-refractivity contribution is 5.94. The molecule has 1 saturated carbocycles. The summed E-state index contributed by atoms with van der Waals surface area (Å²) in [4.78, 5) is 11.2. The van der Waals surface area contributed by atoms with Crippen molar-refractivity contribution in [3.63, 3.8) is 0 Å². The Labute approximate surface area is 110 Å². The number of hydrogen-bond acceptors (Lipinski definition) is 2. The van der Waals surface area contributed by atoms with Crippen molar-refractivity contribution < 1.29 is 4.79 Å². The fraction of sp³-hybridized carbons (Fsp3) is 0.562. The van der Waals surface area contributed by atoms with Gasteiger partial charge in [-0.05, 0) is 49.4 Å². The summed E-state index contributed by atoms with van der Waals surface area (Å²) in [6.07, 6.45) is 5.46. The zero-order valence-corrected chi connectivity index (χ0v) is 11.4. The van der Waals surface area contributed by atoms with E-state index >= 15 is 0 Å². The van der Waals surface area contributed by atoms with Gasteiger partial charge in [-0.3, -0.25) is 4.79 Å². The summed E-state index contributed by atoms with van der Waals surface area (Å²) in [5, 5.41) is 3.47. The Bertz CT molecular complexity index is 396. The van der Waals surface area contributed by atoms with Gasteiger partial charge in [-0.25, -0.2) is 0 Å². The number of Topliss-reactive ketones (excluding diaryl/α,β-unsaturated/α-hetero) is 1. The SMILES string of the molecule is CCCCC1CC1CNc1ccc(C(C)=O)cc1. The van der Waals surface area contributed by atoms with E-state index in [-0.39, 0.29) is 5.78 Å². The van der Waals surface area contributed by atoms with Crippen LogP contribution in [-0.4, -0.2) is 12.3 Å². The van der Waals surface area contributed by atoms with Crippen LogP contribution in [-0.2, 0) is 0 Å². The lowest BCUT2D eigenvalue weighted by Gasteiger charge is -2.06. The van der Waals surface area contributed by atoms with Gasteiger partial charge in [0.25, 0.3) is 0 Å². The maximum Gasteiger partial charge on any atom is 0.159 e. The normalized spacial score (nSPS) is 21.7. The number of carbonyl (C=O) groups is 1. The van der Waals surface area contributed by atoms with E-state index < -0.39 is 0 Å². The second-order valence-corrected chi connectivity index (χ2v) is 5.41. The zero-order valence-electron chi connectivity index (χ0n) is 11.4. The molecule has 1 aromatic carbocycles. The fourth-order valence-corrected chi connectivity index (χ4v) is 2.45. The van der Waals surface area contributed by atoms with Crippen LogP contribution < -0.4 is 5.32 Å². The first-order valence-electron chi connectivity index (χ1n) is 7.05. The maximum absolute atomic E-state index is 11.2. The Balaban J connectivity index is 1.73. The molecule has 2 atom stereocenters. The summed E-state index contributed by atoms with van der Waals surface area (Å²) in [5.74, 6) is 1.95. The highest BCUT2D eigenvalue weighted by Gasteiger charge is 2.35. The number of hydrogen-bond donors (Lipinski definition) is 1. The molecule has 0 radical (unpaired) electrons. The lowest BCUT2D eigenvalue weighted by atomic mass is 10.1. The van der Waals surface area contributed by atoms with Gasteiger partial charge in [0.2, 0.25) is 0 Å². The lowest BCUT2D eigenvalue weighted by molar-refractivity contribution is 0.101. The van der Waals surface area contributed by atoms with Crippen LogP contribution in [0.3, 0.4) is 0 Å². The number of nitrogens with one attached hydrogen (secondary N) is 1. The number of unbranched alkanes of at least 4 members (excludes halogenated alkanes) is 1. The van der Waals surface area contributed by atoms with E-state index in [0.29, 0.717) is 0 Å². The van der Waals surface area contributed by atoms with Crippen LogP contribution in [0, 0.1) is 11.8 Å². The smallest absolute Gasteiger partial charge is 0.159 e. The average molecular weight is 245 g/mol. The van der Waals surface area contributed by atoms with Crippen LogP contribution in [0.2, 0.25) is 0 Å². The number of anilines is 1. The predicted molar refractivity (Wildman–Crippen MR) is 76.1 cm³/mol. The van der Waals surface area contributed by atoms with E-state index in [2.05, 4.69) is 12.2 Å². The van der Waals surface area contributed by atoms with Crippen molar-refractivity contribution in [2.75, 3.05) is 11.9 Å². The van der Waals surface area contributed by atoms with Crippen molar-refractivity contribution in [2.45, 2.75) is 39.5 Å². The van der Waals surface area contributed by atoms with Gasteiger partial charge in [-0.1, -0.05) is 26.2 Å². The molecule has 0 bridgehead atoms. The van der Waals surface area contributed by atoms with Crippen molar-refractivity contribution >= 4 is 11.5 Å². The predicted octanol–water partition coefficient (Wildman–Crippen LogP) is 4.13. The standard InChI is InChI=1S/C16H23NO/c1-3-4-5-14-10-15(14)11-17-16-8-6-13(7-9-16)12(2)18/h6-9,14-15,17H,3-5,10-11H2,1-2H3. The van der Waals surface area contributed by atoms with Gasteiger partial charge in [0.05, 0.1) is 0 Å². The van der Waals surface area contributed by atoms with E-state index in [1.54, 1.807) is 6.92 Å². The number of benzene rings is 1. The van der Waals surface area contributed by atoms with E-state index in [0.717, 1.165) is 29.6 Å². The van der Waals surface area contributed by atoms with E-state index in [1.165, 1.54) is 25.7 Å². The summed E-state index contributed by atoms with van der Waals surface area (Å²) in [6.45, 7) is 4.94. The monoisotopic (exact) mass is 245 g/mol. The van der Waals surface area contributed by atoms with Gasteiger partial charge in [0.15, 0.2) is 5.78 Å². The van der Waals surface area contributed by atoms with Gasteiger partial charge in [0.1, 0.15) is 0 Å². The van der Waals surface area contributed by atoms with E-state index in [1.807, 2.05) is 24.3 Å². The number of carbonyl (C=O) groups excluding carboxylic acids is 1. The molecule has 1 aliphatic carbocycles. The van der Waals surface area contributed by atoms with Gasteiger partial charge in [-0.15, -0.1) is 0 Å². The summed E-state index contributed by atoms with van der Waals surface area (Å²) < 4.78 is 0. The molecule has 2 unspecified atom stereocenters. The van der Waals surface area contributed by atoms with Crippen LogP contribution in [0.1, 0.15) is 49.9 Å². The topological polar surface area (TPSA) is 29.1 Å². The molecule has 1 fully saturated rings. The minimum Gasteiger partial charge on any atom is -0.385 e. The Morgan fingerprint density at radius 1 is 1.28 bits per heavy atom. The van der Waals surface area contributed by atoms with Crippen LogP contribution in [0.15, 0.2) is 24.3 Å². The average Bonchev–Trinajstić information content (AvgIpc) is 3.13. The quantitative estimate of drug-likeness (QED) is 0.732. The van der Waals surface area contributed by atoms with Crippen molar-refractivity contribution in [2.24, 2.45) is 11.8 Å². The van der Waals surface area contributed by atoms with Crippen molar-refractivity contribution in [1.29, 1.82) is 0 Å². The van der Waals surface area contributed by atoms with Gasteiger partial charge >= 0.3 is 0 Å². The zero-order chi connectivity index (χ0) is 13.0. The number of rotatable bonds is 7. The highest BCUT2D eigenvalue weighted by Crippen LogP contribution is 2.42. The molecule has 0 spiro atoms. The summed E-state index contributed by atoms with van der Waals surface area (Å²) in [7, 11) is 0. The van der Waals surface area contributed by atoms with Crippen molar-refractivity contribution in [1.82, 2.24) is 0 Å². The molecule has 2 heteroatoms. The Hall–Kier alpha value is -1.31. The van der Waals surface area contributed by atoms with Crippen LogP contribution >= 0.6 is 0 Å². The molecule has 2 rings (SSSR count). The Morgan fingerprint density at radius 2 is 2.00 bits per heavy atom. The molecular weight excluding hydrogens is 222 g/mol. The molecule has 0 heterocycles. The minimum atomic E-state index is 0.128. The first-order valence-corrected chi connectivity index (χ1v) is 7.05. The highest BCUT2D eigenvalue weighted by atomic mass is 16.1. The second kappa shape index (κ2) is 6.03. The van der Waals surface area contributed by atoms with Crippen LogP contribution in [0.25, 0.3) is 0 Å². The molecular formula is C16H23NO. The third-order valence-corrected chi connectivity index (χ3v) is 3.86. The Kier molecular flexibility index (Phi) is 4.40. The molecule has 0 aromatic heterocycles. The molecule has 0 saturated heterocycles. The summed E-state index contributed by atoms with van der Waals surface area (Å²) in [5.41, 5.74) is 1.91. The first-order chi connectivity index (χ1) is 8.70. The Morgan fingerprint density at radius 3 is 2.61 bits per heavy atom. The third-order valence-electron chi connectivity index (χ3n) is 3.86. The number of ketones is 1. The van der Waals surface area contributed by atoms with Crippen molar-refractivity contribution in [3.8, 4) is 0 Å². The van der Waals surface area contributed by atoms with E-state index in [4.69, 9.17) is 0 Å². The molecule has 1 N–H and O–H groups in total. The molecule has 98 valence electrons. The molecule has 1 aliphatic rings. The van der Waals surface area contributed by atoms with Gasteiger partial charge in [-0.2, -0.15) is 0 Å². The minimum absolute atomic E-state index is 0.128. The molecule has 0 amide bonds. The molecule has 2 nitrogen and oxygen atoms in total. The van der Waals surface area contributed by atoms with Crippen LogP contribution in [0.4, 0.5) is 5.69 Å². The van der Waals surface area contributed by atoms with E-state index in [9.17, 15) is 4.79 Å². The maximum atomic E-state index is 11.2. The van der Waals surface area contributed by atoms with Crippen LogP contribution in [0.5, 0.6) is 0 Å². The summed E-state index contributed by atoms with van der Waals surface area (Å²) in [6, 6.07) is 7.79. The van der Waals surface area contributed by atoms with Gasteiger partial charge < -0.3 is 5.32 Å². The molecule has 1 aromatic rings. The third kappa shape index (κ3) is 3.59. The second-order valence-electron chi connectivity index (χ2n) is 5.41. The van der Waals surface area contributed by atoms with Gasteiger partial charge in [0, 0.05) is 17.8 Å². The first kappa shape index (κ1) is 13.1.